The summed E-state index contributed by atoms with van der Waals surface area (Å²) >= 11 is 0. The molecule has 22 heavy (non-hydrogen) atoms. The van der Waals surface area contributed by atoms with Gasteiger partial charge in [0.25, 0.3) is 0 Å². The molecule has 1 unspecified atom stereocenters. The highest BCUT2D eigenvalue weighted by atomic mass is 16.2. The standard InChI is InChI=1S/C17H26N4O/c1-13-9-15(6-7-18-13)10-19-17(22)20-11-16(12-20)21-8-4-3-5-14(21)2/h6-7,9,14,16H,3-5,8,10-12H2,1-2H3,(H,19,22). The van der Waals surface area contributed by atoms with Crippen molar-refractivity contribution >= 4 is 6.03 Å². The van der Waals surface area contributed by atoms with Crippen LogP contribution in [0.1, 0.15) is 37.4 Å². The number of rotatable bonds is 3. The van der Waals surface area contributed by atoms with Crippen molar-refractivity contribution < 1.29 is 4.79 Å². The van der Waals surface area contributed by atoms with E-state index in [0.717, 1.165) is 24.3 Å². The number of nitrogens with one attached hydrogen (secondary N) is 1. The molecule has 0 spiro atoms. The molecule has 120 valence electrons. The first kappa shape index (κ1) is 15.3. The summed E-state index contributed by atoms with van der Waals surface area (Å²) in [6.07, 6.45) is 5.73. The fourth-order valence-corrected chi connectivity index (χ4v) is 3.50. The van der Waals surface area contributed by atoms with E-state index in [1.807, 2.05) is 24.0 Å². The Morgan fingerprint density at radius 2 is 2.23 bits per heavy atom. The molecule has 2 aliphatic heterocycles. The number of hydrogen-bond donors (Lipinski definition) is 1. The Morgan fingerprint density at radius 1 is 1.41 bits per heavy atom. The zero-order valence-corrected chi connectivity index (χ0v) is 13.6. The molecule has 2 saturated heterocycles. The van der Waals surface area contributed by atoms with E-state index in [0.29, 0.717) is 18.6 Å². The van der Waals surface area contributed by atoms with Gasteiger partial charge >= 0.3 is 6.03 Å². The number of hydrogen-bond acceptors (Lipinski definition) is 3. The number of nitrogens with zero attached hydrogens (tertiary/aromatic N) is 3. The number of aryl methyl sites for hydroxylation is 1. The lowest BCUT2D eigenvalue weighted by atomic mass is 9.98. The van der Waals surface area contributed by atoms with E-state index in [-0.39, 0.29) is 6.03 Å². The Balaban J connectivity index is 1.43. The quantitative estimate of drug-likeness (QED) is 0.931. The maximum atomic E-state index is 12.2. The summed E-state index contributed by atoms with van der Waals surface area (Å²) in [6.45, 7) is 7.77. The van der Waals surface area contributed by atoms with Crippen molar-refractivity contribution in [3.63, 3.8) is 0 Å². The van der Waals surface area contributed by atoms with E-state index >= 15 is 0 Å². The molecule has 0 saturated carbocycles. The third-order valence-corrected chi connectivity index (χ3v) is 4.88. The fourth-order valence-electron chi connectivity index (χ4n) is 3.50. The van der Waals surface area contributed by atoms with Gasteiger partial charge in [0.15, 0.2) is 0 Å². The Hall–Kier alpha value is -1.62. The van der Waals surface area contributed by atoms with Crippen LogP contribution in [0.2, 0.25) is 0 Å². The summed E-state index contributed by atoms with van der Waals surface area (Å²) in [5.41, 5.74) is 2.08. The van der Waals surface area contributed by atoms with Gasteiger partial charge < -0.3 is 10.2 Å². The third-order valence-electron chi connectivity index (χ3n) is 4.88. The average Bonchev–Trinajstić information content (AvgIpc) is 2.46. The molecule has 0 radical (unpaired) electrons. The molecule has 5 nitrogen and oxygen atoms in total. The van der Waals surface area contributed by atoms with Crippen LogP contribution < -0.4 is 5.32 Å². The highest BCUT2D eigenvalue weighted by Crippen LogP contribution is 2.24. The molecule has 1 aromatic rings. The van der Waals surface area contributed by atoms with Crippen LogP contribution in [-0.4, -0.2) is 52.5 Å². The molecule has 1 N–H and O–H groups in total. The molecule has 0 aliphatic carbocycles. The van der Waals surface area contributed by atoms with Crippen molar-refractivity contribution in [2.24, 2.45) is 0 Å². The van der Waals surface area contributed by atoms with Gasteiger partial charge in [-0.3, -0.25) is 9.88 Å². The lowest BCUT2D eigenvalue weighted by molar-refractivity contribution is 0.0169. The number of aromatic nitrogens is 1. The van der Waals surface area contributed by atoms with Crippen LogP contribution in [0.15, 0.2) is 18.3 Å². The van der Waals surface area contributed by atoms with Gasteiger partial charge in [-0.1, -0.05) is 6.42 Å². The summed E-state index contributed by atoms with van der Waals surface area (Å²) in [5.74, 6) is 0. The van der Waals surface area contributed by atoms with Crippen LogP contribution in [0.25, 0.3) is 0 Å². The SMILES string of the molecule is Cc1cc(CNC(=O)N2CC(N3CCCCC3C)C2)ccn1. The van der Waals surface area contributed by atoms with Gasteiger partial charge in [-0.15, -0.1) is 0 Å². The lowest BCUT2D eigenvalue weighted by Crippen LogP contribution is -2.64. The van der Waals surface area contributed by atoms with Crippen molar-refractivity contribution in [2.75, 3.05) is 19.6 Å². The van der Waals surface area contributed by atoms with Gasteiger partial charge in [-0.05, 0) is 50.9 Å². The number of likely N-dealkylation sites (tertiary alicyclic amines) is 2. The zero-order chi connectivity index (χ0) is 15.5. The van der Waals surface area contributed by atoms with Crippen molar-refractivity contribution in [1.29, 1.82) is 0 Å². The summed E-state index contributed by atoms with van der Waals surface area (Å²) < 4.78 is 0. The van der Waals surface area contributed by atoms with Crippen molar-refractivity contribution in [2.45, 2.75) is 51.7 Å². The largest absolute Gasteiger partial charge is 0.334 e. The summed E-state index contributed by atoms with van der Waals surface area (Å²) in [5, 5.41) is 3.00. The summed E-state index contributed by atoms with van der Waals surface area (Å²) in [7, 11) is 0. The van der Waals surface area contributed by atoms with Crippen LogP contribution in [0.4, 0.5) is 4.79 Å². The van der Waals surface area contributed by atoms with Crippen molar-refractivity contribution in [1.82, 2.24) is 20.1 Å². The van der Waals surface area contributed by atoms with Crippen LogP contribution in [0.5, 0.6) is 0 Å². The van der Waals surface area contributed by atoms with Gasteiger partial charge in [-0.25, -0.2) is 4.79 Å². The van der Waals surface area contributed by atoms with E-state index in [9.17, 15) is 4.79 Å². The number of carbonyl (C=O) groups is 1. The van der Waals surface area contributed by atoms with Gasteiger partial charge in [0.2, 0.25) is 0 Å². The molecule has 3 heterocycles. The monoisotopic (exact) mass is 302 g/mol. The zero-order valence-electron chi connectivity index (χ0n) is 13.6. The van der Waals surface area contributed by atoms with E-state index < -0.39 is 0 Å². The molecule has 1 atom stereocenters. The van der Waals surface area contributed by atoms with Gasteiger partial charge in [0, 0.05) is 43.6 Å². The van der Waals surface area contributed by atoms with E-state index in [2.05, 4.69) is 22.1 Å². The Kier molecular flexibility index (Phi) is 4.62. The minimum Gasteiger partial charge on any atom is -0.334 e. The first-order chi connectivity index (χ1) is 10.6. The third kappa shape index (κ3) is 3.40. The van der Waals surface area contributed by atoms with E-state index in [1.165, 1.54) is 25.8 Å². The molecule has 1 aromatic heterocycles. The predicted octanol–water partition coefficient (Wildman–Crippen LogP) is 2.16. The van der Waals surface area contributed by atoms with Gasteiger partial charge in [0.1, 0.15) is 0 Å². The molecular formula is C17H26N4O. The minimum absolute atomic E-state index is 0.0513. The van der Waals surface area contributed by atoms with Crippen LogP contribution in [0.3, 0.4) is 0 Å². The Morgan fingerprint density at radius 3 is 2.95 bits per heavy atom. The topological polar surface area (TPSA) is 48.5 Å². The van der Waals surface area contributed by atoms with Gasteiger partial charge in [-0.2, -0.15) is 0 Å². The lowest BCUT2D eigenvalue weighted by Gasteiger charge is -2.49. The number of carbonyl (C=O) groups excluding carboxylic acids is 1. The minimum atomic E-state index is 0.0513. The molecule has 5 heteroatoms. The summed E-state index contributed by atoms with van der Waals surface area (Å²) in [4.78, 5) is 20.8. The molecular weight excluding hydrogens is 276 g/mol. The van der Waals surface area contributed by atoms with E-state index in [1.54, 1.807) is 6.20 Å². The van der Waals surface area contributed by atoms with Gasteiger partial charge in [0.05, 0.1) is 0 Å². The first-order valence-corrected chi connectivity index (χ1v) is 8.33. The maximum absolute atomic E-state index is 12.2. The normalized spacial score (nSPS) is 23.2. The Bertz CT molecular complexity index is 527. The predicted molar refractivity (Wildman–Crippen MR) is 86.6 cm³/mol. The van der Waals surface area contributed by atoms with Crippen LogP contribution >= 0.6 is 0 Å². The molecule has 0 aromatic carbocycles. The molecule has 2 amide bonds. The second-order valence-corrected chi connectivity index (χ2v) is 6.61. The smallest absolute Gasteiger partial charge is 0.317 e. The number of pyridine rings is 1. The molecule has 2 fully saturated rings. The Labute approximate surface area is 132 Å². The van der Waals surface area contributed by atoms with Crippen LogP contribution in [-0.2, 0) is 6.54 Å². The average molecular weight is 302 g/mol. The second-order valence-electron chi connectivity index (χ2n) is 6.61. The first-order valence-electron chi connectivity index (χ1n) is 8.33. The van der Waals surface area contributed by atoms with E-state index in [4.69, 9.17) is 0 Å². The van der Waals surface area contributed by atoms with Crippen molar-refractivity contribution in [3.8, 4) is 0 Å². The molecule has 3 rings (SSSR count). The number of piperidine rings is 1. The number of urea groups is 1. The van der Waals surface area contributed by atoms with Crippen molar-refractivity contribution in [3.05, 3.63) is 29.6 Å². The number of amides is 2. The highest BCUT2D eigenvalue weighted by molar-refractivity contribution is 5.75. The van der Waals surface area contributed by atoms with Crippen LogP contribution in [0, 0.1) is 6.92 Å². The highest BCUT2D eigenvalue weighted by Gasteiger charge is 2.37. The molecule has 2 aliphatic rings. The maximum Gasteiger partial charge on any atom is 0.317 e. The fraction of sp³-hybridized carbons (Fsp3) is 0.647. The summed E-state index contributed by atoms with van der Waals surface area (Å²) in [6, 6.07) is 5.24. The molecule has 0 bridgehead atoms. The second kappa shape index (κ2) is 6.65.